The Bertz CT molecular complexity index is 578. The molecule has 1 aromatic heterocycles. The normalized spacial score (nSPS) is 10.9. The first-order valence-corrected chi connectivity index (χ1v) is 6.07. The number of halogens is 2. The zero-order valence-corrected chi connectivity index (χ0v) is 11.1. The Hall–Kier alpha value is -1.39. The van der Waals surface area contributed by atoms with Crippen molar-refractivity contribution in [3.63, 3.8) is 0 Å². The molecule has 3 nitrogen and oxygen atoms in total. The van der Waals surface area contributed by atoms with Gasteiger partial charge in [0.1, 0.15) is 5.82 Å². The van der Waals surface area contributed by atoms with Crippen molar-refractivity contribution >= 4 is 11.6 Å². The number of hydrogen-bond acceptors (Lipinski definition) is 2. The van der Waals surface area contributed by atoms with Crippen LogP contribution in [0.2, 0.25) is 5.02 Å². The molecule has 1 heterocycles. The molecule has 0 fully saturated rings. The summed E-state index contributed by atoms with van der Waals surface area (Å²) in [5.41, 5.74) is 8.67. The van der Waals surface area contributed by atoms with E-state index in [4.69, 9.17) is 17.3 Å². The molecule has 0 amide bonds. The molecule has 2 rings (SSSR count). The van der Waals surface area contributed by atoms with Crippen LogP contribution in [-0.4, -0.2) is 9.78 Å². The molecular formula is C13H15ClFN3. The van der Waals surface area contributed by atoms with Gasteiger partial charge in [-0.1, -0.05) is 17.7 Å². The van der Waals surface area contributed by atoms with E-state index in [0.717, 1.165) is 17.0 Å². The van der Waals surface area contributed by atoms with Crippen LogP contribution in [0.1, 0.15) is 22.5 Å². The highest BCUT2D eigenvalue weighted by Crippen LogP contribution is 2.20. The molecule has 0 aliphatic carbocycles. The summed E-state index contributed by atoms with van der Waals surface area (Å²) in [6, 6.07) is 4.93. The number of benzene rings is 1. The van der Waals surface area contributed by atoms with Crippen molar-refractivity contribution in [1.82, 2.24) is 9.78 Å². The van der Waals surface area contributed by atoms with Crippen molar-refractivity contribution in [2.45, 2.75) is 26.9 Å². The molecule has 0 atom stereocenters. The van der Waals surface area contributed by atoms with Crippen LogP contribution in [0.5, 0.6) is 0 Å². The lowest BCUT2D eigenvalue weighted by atomic mass is 10.1. The van der Waals surface area contributed by atoms with Gasteiger partial charge >= 0.3 is 0 Å². The van der Waals surface area contributed by atoms with Crippen molar-refractivity contribution in [3.05, 3.63) is 51.6 Å². The lowest BCUT2D eigenvalue weighted by Gasteiger charge is -2.07. The third kappa shape index (κ3) is 2.40. The van der Waals surface area contributed by atoms with E-state index < -0.39 is 0 Å². The molecule has 2 aromatic rings. The monoisotopic (exact) mass is 267 g/mol. The van der Waals surface area contributed by atoms with Crippen molar-refractivity contribution in [2.24, 2.45) is 5.73 Å². The summed E-state index contributed by atoms with van der Waals surface area (Å²) < 4.78 is 15.1. The highest BCUT2D eigenvalue weighted by molar-refractivity contribution is 6.31. The quantitative estimate of drug-likeness (QED) is 0.929. The van der Waals surface area contributed by atoms with Gasteiger partial charge in [-0.15, -0.1) is 0 Å². The topological polar surface area (TPSA) is 43.8 Å². The maximum absolute atomic E-state index is 13.3. The van der Waals surface area contributed by atoms with Crippen molar-refractivity contribution in [1.29, 1.82) is 0 Å². The second-order valence-electron chi connectivity index (χ2n) is 4.27. The summed E-state index contributed by atoms with van der Waals surface area (Å²) in [6.07, 6.45) is 0. The summed E-state index contributed by atoms with van der Waals surface area (Å²) in [7, 11) is 0. The molecule has 0 spiro atoms. The number of nitrogens with zero attached hydrogens (tertiary/aromatic N) is 2. The predicted molar refractivity (Wildman–Crippen MR) is 70.1 cm³/mol. The fraction of sp³-hybridized carbons (Fsp3) is 0.308. The number of aromatic nitrogens is 2. The Morgan fingerprint density at radius 2 is 2.11 bits per heavy atom. The molecule has 0 bridgehead atoms. The van der Waals surface area contributed by atoms with Gasteiger partial charge in [0.25, 0.3) is 0 Å². The van der Waals surface area contributed by atoms with E-state index >= 15 is 0 Å². The zero-order chi connectivity index (χ0) is 13.3. The van der Waals surface area contributed by atoms with E-state index in [1.807, 2.05) is 18.5 Å². The molecule has 96 valence electrons. The number of rotatable bonds is 3. The first-order valence-electron chi connectivity index (χ1n) is 5.69. The molecule has 0 radical (unpaired) electrons. The maximum Gasteiger partial charge on any atom is 0.127 e. The number of hydrogen-bond donors (Lipinski definition) is 1. The molecule has 1 aromatic carbocycles. The van der Waals surface area contributed by atoms with E-state index in [-0.39, 0.29) is 12.4 Å². The largest absolute Gasteiger partial charge is 0.326 e. The van der Waals surface area contributed by atoms with Gasteiger partial charge in [0.05, 0.1) is 23.0 Å². The zero-order valence-electron chi connectivity index (χ0n) is 10.4. The summed E-state index contributed by atoms with van der Waals surface area (Å²) in [6.45, 7) is 4.53. The average Bonchev–Trinajstić information content (AvgIpc) is 2.59. The Labute approximate surface area is 110 Å². The number of nitrogens with two attached hydrogens (primary N) is 1. The van der Waals surface area contributed by atoms with Gasteiger partial charge in [-0.3, -0.25) is 4.68 Å². The lowest BCUT2D eigenvalue weighted by Crippen LogP contribution is -2.06. The van der Waals surface area contributed by atoms with Crippen LogP contribution in [0.3, 0.4) is 0 Å². The van der Waals surface area contributed by atoms with Crippen molar-refractivity contribution in [3.8, 4) is 0 Å². The molecule has 0 saturated carbocycles. The fourth-order valence-corrected chi connectivity index (χ4v) is 2.02. The van der Waals surface area contributed by atoms with Crippen LogP contribution in [0.15, 0.2) is 18.2 Å². The van der Waals surface area contributed by atoms with E-state index in [1.165, 1.54) is 6.07 Å². The third-order valence-corrected chi connectivity index (χ3v) is 3.50. The van der Waals surface area contributed by atoms with Gasteiger partial charge in [-0.25, -0.2) is 4.39 Å². The Kier molecular flexibility index (Phi) is 3.68. The van der Waals surface area contributed by atoms with Crippen molar-refractivity contribution in [2.75, 3.05) is 0 Å². The fourth-order valence-electron chi connectivity index (χ4n) is 1.88. The van der Waals surface area contributed by atoms with Gasteiger partial charge in [0, 0.05) is 12.1 Å². The van der Waals surface area contributed by atoms with Gasteiger partial charge in [0.2, 0.25) is 0 Å². The summed E-state index contributed by atoms with van der Waals surface area (Å²) in [5, 5.41) is 5.02. The molecule has 0 aliphatic rings. The van der Waals surface area contributed by atoms with E-state index in [0.29, 0.717) is 17.1 Å². The van der Waals surface area contributed by atoms with Crippen LogP contribution in [0.25, 0.3) is 0 Å². The summed E-state index contributed by atoms with van der Waals surface area (Å²) in [5.74, 6) is -0.271. The van der Waals surface area contributed by atoms with Crippen LogP contribution >= 0.6 is 11.6 Å². The smallest absolute Gasteiger partial charge is 0.127 e. The first kappa shape index (κ1) is 13.1. The van der Waals surface area contributed by atoms with E-state index in [2.05, 4.69) is 5.10 Å². The van der Waals surface area contributed by atoms with E-state index in [9.17, 15) is 4.39 Å². The van der Waals surface area contributed by atoms with Crippen LogP contribution < -0.4 is 5.73 Å². The molecule has 18 heavy (non-hydrogen) atoms. The van der Waals surface area contributed by atoms with Gasteiger partial charge < -0.3 is 5.73 Å². The second-order valence-corrected chi connectivity index (χ2v) is 4.65. The molecule has 0 saturated heterocycles. The Morgan fingerprint density at radius 3 is 2.67 bits per heavy atom. The molecule has 0 aliphatic heterocycles. The SMILES string of the molecule is Cc1nn(Cc2ccc(F)c(CN)c2)c(C)c1Cl. The van der Waals surface area contributed by atoms with Crippen LogP contribution in [-0.2, 0) is 13.1 Å². The highest BCUT2D eigenvalue weighted by Gasteiger charge is 2.10. The highest BCUT2D eigenvalue weighted by atomic mass is 35.5. The molecule has 0 unspecified atom stereocenters. The minimum Gasteiger partial charge on any atom is -0.326 e. The van der Waals surface area contributed by atoms with E-state index in [1.54, 1.807) is 12.1 Å². The van der Waals surface area contributed by atoms with Gasteiger partial charge in [-0.05, 0) is 31.5 Å². The van der Waals surface area contributed by atoms with Crippen LogP contribution in [0, 0.1) is 19.7 Å². The van der Waals surface area contributed by atoms with Crippen LogP contribution in [0.4, 0.5) is 4.39 Å². The van der Waals surface area contributed by atoms with Gasteiger partial charge in [-0.2, -0.15) is 5.10 Å². The standard InChI is InChI=1S/C13H15ClFN3/c1-8-13(14)9(2)18(17-8)7-10-3-4-12(15)11(5-10)6-16/h3-5H,6-7,16H2,1-2H3. The maximum atomic E-state index is 13.3. The third-order valence-electron chi connectivity index (χ3n) is 2.96. The minimum atomic E-state index is -0.271. The second kappa shape index (κ2) is 5.08. The predicted octanol–water partition coefficient (Wildman–Crippen LogP) is 2.80. The first-order chi connectivity index (χ1) is 8.52. The molecule has 2 N–H and O–H groups in total. The number of aryl methyl sites for hydroxylation is 1. The Morgan fingerprint density at radius 1 is 1.39 bits per heavy atom. The lowest BCUT2D eigenvalue weighted by molar-refractivity contribution is 0.606. The summed E-state index contributed by atoms with van der Waals surface area (Å²) in [4.78, 5) is 0. The van der Waals surface area contributed by atoms with Gasteiger partial charge in [0.15, 0.2) is 0 Å². The molecule has 5 heteroatoms. The van der Waals surface area contributed by atoms with Crippen molar-refractivity contribution < 1.29 is 4.39 Å². The molecular weight excluding hydrogens is 253 g/mol. The Balaban J connectivity index is 2.31. The summed E-state index contributed by atoms with van der Waals surface area (Å²) >= 11 is 6.09. The average molecular weight is 268 g/mol. The minimum absolute atomic E-state index is 0.192.